The van der Waals surface area contributed by atoms with Gasteiger partial charge in [0.25, 0.3) is 0 Å². The fraction of sp³-hybridized carbons (Fsp3) is 0.625. The molecule has 0 spiro atoms. The molecule has 0 aromatic carbocycles. The summed E-state index contributed by atoms with van der Waals surface area (Å²) in [4.78, 5) is 3.02. The molecule has 1 aromatic rings. The van der Waals surface area contributed by atoms with Gasteiger partial charge in [-0.1, -0.05) is 13.3 Å². The van der Waals surface area contributed by atoms with Crippen molar-refractivity contribution in [1.29, 1.82) is 0 Å². The molecule has 64 valence electrons. The van der Waals surface area contributed by atoms with E-state index in [2.05, 4.69) is 22.7 Å². The summed E-state index contributed by atoms with van der Waals surface area (Å²) in [6, 6.07) is 0. The molecule has 11 heavy (non-hydrogen) atoms. The minimum atomic E-state index is 0. The van der Waals surface area contributed by atoms with Crippen molar-refractivity contribution in [3.05, 3.63) is 18.7 Å². The Hall–Kier alpha value is -0.830. The van der Waals surface area contributed by atoms with E-state index in [1.165, 1.54) is 19.3 Å². The molecule has 0 aliphatic carbocycles. The average molecular weight is 156 g/mol. The standard InChI is InChI=1S/C8H14N2.H2O/c1-2-3-4-6-10-7-5-9-8-10;/h5,7-8H,2-4,6H2,1H3;1H2. The van der Waals surface area contributed by atoms with E-state index in [0.717, 1.165) is 6.54 Å². The van der Waals surface area contributed by atoms with E-state index < -0.39 is 0 Å². The molecule has 0 unspecified atom stereocenters. The molecule has 0 fully saturated rings. The molecule has 0 saturated heterocycles. The summed E-state index contributed by atoms with van der Waals surface area (Å²) in [6.45, 7) is 3.37. The smallest absolute Gasteiger partial charge is 0.241 e. The summed E-state index contributed by atoms with van der Waals surface area (Å²) >= 11 is 0. The highest BCUT2D eigenvalue weighted by atomic mass is 16.0. The lowest BCUT2D eigenvalue weighted by Crippen LogP contribution is -2.30. The van der Waals surface area contributed by atoms with Crippen LogP contribution in [-0.4, -0.2) is 10.5 Å². The Morgan fingerprint density at radius 2 is 2.18 bits per heavy atom. The lowest BCUT2D eigenvalue weighted by atomic mass is 10.2. The molecule has 0 aliphatic rings. The van der Waals surface area contributed by atoms with Crippen LogP contribution in [-0.2, 0) is 6.54 Å². The molecule has 0 saturated carbocycles. The first kappa shape index (κ1) is 10.2. The minimum absolute atomic E-state index is 0. The van der Waals surface area contributed by atoms with Crippen LogP contribution >= 0.6 is 0 Å². The zero-order chi connectivity index (χ0) is 7.23. The highest BCUT2D eigenvalue weighted by molar-refractivity contribution is 4.55. The van der Waals surface area contributed by atoms with Crippen molar-refractivity contribution < 1.29 is 10.0 Å². The highest BCUT2D eigenvalue weighted by Crippen LogP contribution is 1.92. The van der Waals surface area contributed by atoms with Gasteiger partial charge >= 0.3 is 0 Å². The monoisotopic (exact) mass is 156 g/mol. The average Bonchev–Trinajstić information content (AvgIpc) is 2.41. The Morgan fingerprint density at radius 1 is 1.36 bits per heavy atom. The fourth-order valence-corrected chi connectivity index (χ4v) is 1.00. The fourth-order valence-electron chi connectivity index (χ4n) is 1.00. The normalized spacial score (nSPS) is 9.18. The molecule has 0 bridgehead atoms. The first-order valence-corrected chi connectivity index (χ1v) is 3.95. The SMILES string of the molecule is CCCCC[n+]1cc[nH]c1.[OH-]. The Balaban J connectivity index is 0.000001000. The Labute approximate surface area is 67.4 Å². The summed E-state index contributed by atoms with van der Waals surface area (Å²) in [7, 11) is 0. The van der Waals surface area contributed by atoms with Crippen LogP contribution in [0.1, 0.15) is 26.2 Å². The molecule has 3 heteroatoms. The molecule has 0 atom stereocenters. The van der Waals surface area contributed by atoms with Crippen LogP contribution in [0.5, 0.6) is 0 Å². The van der Waals surface area contributed by atoms with Crippen molar-refractivity contribution in [2.75, 3.05) is 0 Å². The van der Waals surface area contributed by atoms with Crippen molar-refractivity contribution in [1.82, 2.24) is 4.98 Å². The predicted octanol–water partition coefficient (Wildman–Crippen LogP) is 1.32. The van der Waals surface area contributed by atoms with Crippen LogP contribution in [0, 0.1) is 0 Å². The third-order valence-corrected chi connectivity index (χ3v) is 1.62. The van der Waals surface area contributed by atoms with Gasteiger partial charge in [-0.05, 0) is 12.8 Å². The zero-order valence-corrected chi connectivity index (χ0v) is 6.95. The van der Waals surface area contributed by atoms with Crippen LogP contribution in [0.2, 0.25) is 0 Å². The number of H-pyrrole nitrogens is 1. The van der Waals surface area contributed by atoms with Crippen molar-refractivity contribution in [2.24, 2.45) is 0 Å². The quantitative estimate of drug-likeness (QED) is 0.518. The second-order valence-corrected chi connectivity index (χ2v) is 2.56. The maximum atomic E-state index is 3.02. The Bertz CT molecular complexity index is 161. The summed E-state index contributed by atoms with van der Waals surface area (Å²) in [6.07, 6.45) is 9.93. The lowest BCUT2D eigenvalue weighted by Gasteiger charge is -1.92. The largest absolute Gasteiger partial charge is 0.870 e. The van der Waals surface area contributed by atoms with Gasteiger partial charge in [-0.25, -0.2) is 4.57 Å². The van der Waals surface area contributed by atoms with Gasteiger partial charge in [0.1, 0.15) is 12.4 Å². The number of aryl methyl sites for hydroxylation is 1. The van der Waals surface area contributed by atoms with Crippen LogP contribution in [0.15, 0.2) is 18.7 Å². The van der Waals surface area contributed by atoms with Gasteiger partial charge < -0.3 is 5.48 Å². The number of hydrogen-bond donors (Lipinski definition) is 1. The van der Waals surface area contributed by atoms with Gasteiger partial charge in [-0.15, -0.1) is 0 Å². The van der Waals surface area contributed by atoms with Gasteiger partial charge in [0, 0.05) is 0 Å². The van der Waals surface area contributed by atoms with Crippen molar-refractivity contribution in [3.8, 4) is 0 Å². The van der Waals surface area contributed by atoms with Gasteiger partial charge in [-0.2, -0.15) is 0 Å². The summed E-state index contributed by atoms with van der Waals surface area (Å²) in [5, 5.41) is 0. The van der Waals surface area contributed by atoms with E-state index in [-0.39, 0.29) is 5.48 Å². The Morgan fingerprint density at radius 3 is 2.73 bits per heavy atom. The number of aromatic amines is 1. The van der Waals surface area contributed by atoms with Crippen molar-refractivity contribution in [2.45, 2.75) is 32.7 Å². The van der Waals surface area contributed by atoms with Gasteiger partial charge in [-0.3, -0.25) is 4.98 Å². The zero-order valence-electron chi connectivity index (χ0n) is 6.95. The second-order valence-electron chi connectivity index (χ2n) is 2.56. The third-order valence-electron chi connectivity index (χ3n) is 1.62. The summed E-state index contributed by atoms with van der Waals surface area (Å²) < 4.78 is 2.18. The number of hydrogen-bond acceptors (Lipinski definition) is 1. The Kier molecular flexibility index (Phi) is 5.47. The molecule has 1 heterocycles. The molecular weight excluding hydrogens is 140 g/mol. The molecular formula is C8H16N2O. The second kappa shape index (κ2) is 5.92. The maximum absolute atomic E-state index is 3.02. The number of nitrogens with one attached hydrogen (secondary N) is 1. The van der Waals surface area contributed by atoms with E-state index in [4.69, 9.17) is 0 Å². The number of imidazole rings is 1. The van der Waals surface area contributed by atoms with E-state index in [0.29, 0.717) is 0 Å². The van der Waals surface area contributed by atoms with Gasteiger partial charge in [0.15, 0.2) is 0 Å². The topological polar surface area (TPSA) is 49.7 Å². The van der Waals surface area contributed by atoms with Crippen LogP contribution in [0.3, 0.4) is 0 Å². The summed E-state index contributed by atoms with van der Waals surface area (Å²) in [5.41, 5.74) is 0. The molecule has 3 nitrogen and oxygen atoms in total. The number of nitrogens with zero attached hydrogens (tertiary/aromatic N) is 1. The van der Waals surface area contributed by atoms with Crippen LogP contribution < -0.4 is 4.57 Å². The maximum Gasteiger partial charge on any atom is 0.241 e. The first-order valence-electron chi connectivity index (χ1n) is 3.95. The third kappa shape index (κ3) is 3.78. The highest BCUT2D eigenvalue weighted by Gasteiger charge is 1.93. The number of rotatable bonds is 4. The van der Waals surface area contributed by atoms with Crippen LogP contribution in [0.25, 0.3) is 0 Å². The molecule has 1 aromatic heterocycles. The van der Waals surface area contributed by atoms with E-state index >= 15 is 0 Å². The van der Waals surface area contributed by atoms with E-state index in [1.54, 1.807) is 0 Å². The number of aromatic nitrogens is 2. The lowest BCUT2D eigenvalue weighted by molar-refractivity contribution is -0.696. The van der Waals surface area contributed by atoms with Gasteiger partial charge in [0.2, 0.25) is 6.33 Å². The predicted molar refractivity (Wildman–Crippen MR) is 42.4 cm³/mol. The minimum Gasteiger partial charge on any atom is -0.870 e. The number of unbranched alkanes of at least 4 members (excludes halogenated alkanes) is 2. The molecule has 0 aliphatic heterocycles. The van der Waals surface area contributed by atoms with Crippen LogP contribution in [0.4, 0.5) is 0 Å². The van der Waals surface area contributed by atoms with Crippen molar-refractivity contribution in [3.63, 3.8) is 0 Å². The summed E-state index contributed by atoms with van der Waals surface area (Å²) in [5.74, 6) is 0. The first-order chi connectivity index (χ1) is 4.93. The van der Waals surface area contributed by atoms with Crippen molar-refractivity contribution >= 4 is 0 Å². The van der Waals surface area contributed by atoms with E-state index in [1.807, 2.05) is 12.5 Å². The molecule has 2 N–H and O–H groups in total. The molecule has 1 rings (SSSR count). The van der Waals surface area contributed by atoms with Gasteiger partial charge in [0.05, 0.1) is 6.54 Å². The molecule has 0 amide bonds. The van der Waals surface area contributed by atoms with E-state index in [9.17, 15) is 0 Å². The molecule has 0 radical (unpaired) electrons.